The quantitative estimate of drug-likeness (QED) is 0.693. The van der Waals surface area contributed by atoms with E-state index >= 15 is 0 Å². The van der Waals surface area contributed by atoms with Gasteiger partial charge in [0.15, 0.2) is 0 Å². The van der Waals surface area contributed by atoms with Gasteiger partial charge in [0.1, 0.15) is 0 Å². The predicted octanol–water partition coefficient (Wildman–Crippen LogP) is 3.20. The molecule has 0 bridgehead atoms. The number of hydrogen-bond donors (Lipinski definition) is 1. The molecule has 0 aliphatic heterocycles. The van der Waals surface area contributed by atoms with E-state index in [9.17, 15) is 0 Å². The smallest absolute Gasteiger partial charge is 0.00966 e. The summed E-state index contributed by atoms with van der Waals surface area (Å²) in [4.78, 5) is 0. The summed E-state index contributed by atoms with van der Waals surface area (Å²) in [7, 11) is 0. The van der Waals surface area contributed by atoms with E-state index in [1.165, 1.54) is 32.2 Å². The molecule has 0 amide bonds. The standard InChI is InChI=1S/C12H25N/c1-10-5-7-11(8-6-10)9-13-12(2,3)4/h10-11,13H,5-9H2,1-4H3/t10-,11+. The molecule has 13 heavy (non-hydrogen) atoms. The zero-order valence-corrected chi connectivity index (χ0v) is 9.69. The Hall–Kier alpha value is -0.0400. The van der Waals surface area contributed by atoms with E-state index in [1.54, 1.807) is 0 Å². The van der Waals surface area contributed by atoms with Gasteiger partial charge in [0, 0.05) is 5.54 Å². The van der Waals surface area contributed by atoms with Crippen LogP contribution >= 0.6 is 0 Å². The van der Waals surface area contributed by atoms with Crippen molar-refractivity contribution in [3.63, 3.8) is 0 Å². The van der Waals surface area contributed by atoms with Crippen molar-refractivity contribution in [2.45, 2.75) is 58.9 Å². The summed E-state index contributed by atoms with van der Waals surface area (Å²) in [5.74, 6) is 1.92. The van der Waals surface area contributed by atoms with Crippen molar-refractivity contribution in [1.29, 1.82) is 0 Å². The molecule has 1 aliphatic rings. The molecule has 0 atom stereocenters. The van der Waals surface area contributed by atoms with Gasteiger partial charge in [0.05, 0.1) is 0 Å². The SMILES string of the molecule is CC(C)(C)NC[C@H]1CC[C@@H](C)CC1. The van der Waals surface area contributed by atoms with Crippen LogP contribution in [0.2, 0.25) is 0 Å². The monoisotopic (exact) mass is 183 g/mol. The molecule has 0 heterocycles. The third-order valence-corrected chi connectivity index (χ3v) is 3.06. The Morgan fingerprint density at radius 1 is 1.08 bits per heavy atom. The summed E-state index contributed by atoms with van der Waals surface area (Å²) in [6, 6.07) is 0. The van der Waals surface area contributed by atoms with Crippen molar-refractivity contribution < 1.29 is 0 Å². The summed E-state index contributed by atoms with van der Waals surface area (Å²) in [6.07, 6.45) is 5.75. The first kappa shape index (κ1) is 11.0. The highest BCUT2D eigenvalue weighted by atomic mass is 14.9. The van der Waals surface area contributed by atoms with E-state index in [2.05, 4.69) is 33.0 Å². The van der Waals surface area contributed by atoms with Crippen LogP contribution in [-0.2, 0) is 0 Å². The fraction of sp³-hybridized carbons (Fsp3) is 1.00. The highest BCUT2D eigenvalue weighted by molar-refractivity contribution is 4.76. The molecule has 1 rings (SSSR count). The molecule has 1 nitrogen and oxygen atoms in total. The van der Waals surface area contributed by atoms with Crippen molar-refractivity contribution >= 4 is 0 Å². The van der Waals surface area contributed by atoms with Crippen molar-refractivity contribution in [3.05, 3.63) is 0 Å². The highest BCUT2D eigenvalue weighted by Gasteiger charge is 2.19. The molecule has 1 heteroatoms. The molecule has 1 saturated carbocycles. The minimum Gasteiger partial charge on any atom is -0.312 e. The summed E-state index contributed by atoms with van der Waals surface area (Å²) in [5, 5.41) is 3.61. The van der Waals surface area contributed by atoms with Crippen molar-refractivity contribution in [1.82, 2.24) is 5.32 Å². The van der Waals surface area contributed by atoms with Crippen molar-refractivity contribution in [2.24, 2.45) is 11.8 Å². The zero-order chi connectivity index (χ0) is 9.90. The Bertz CT molecular complexity index is 138. The maximum atomic E-state index is 3.61. The fourth-order valence-corrected chi connectivity index (χ4v) is 1.98. The van der Waals surface area contributed by atoms with Crippen LogP contribution in [0.4, 0.5) is 0 Å². The van der Waals surface area contributed by atoms with Gasteiger partial charge >= 0.3 is 0 Å². The van der Waals surface area contributed by atoms with Gasteiger partial charge < -0.3 is 5.32 Å². The van der Waals surface area contributed by atoms with Crippen LogP contribution in [0.25, 0.3) is 0 Å². The van der Waals surface area contributed by atoms with E-state index in [0.717, 1.165) is 11.8 Å². The van der Waals surface area contributed by atoms with E-state index in [0.29, 0.717) is 5.54 Å². The van der Waals surface area contributed by atoms with E-state index in [-0.39, 0.29) is 0 Å². The van der Waals surface area contributed by atoms with Crippen molar-refractivity contribution in [3.8, 4) is 0 Å². The lowest BCUT2D eigenvalue weighted by Crippen LogP contribution is -2.39. The van der Waals surface area contributed by atoms with Gasteiger partial charge in [-0.2, -0.15) is 0 Å². The van der Waals surface area contributed by atoms with E-state index in [1.807, 2.05) is 0 Å². The number of rotatable bonds is 2. The maximum Gasteiger partial charge on any atom is 0.00966 e. The second kappa shape index (κ2) is 4.45. The third kappa shape index (κ3) is 4.66. The predicted molar refractivity (Wildman–Crippen MR) is 58.9 cm³/mol. The lowest BCUT2D eigenvalue weighted by molar-refractivity contribution is 0.262. The molecule has 1 fully saturated rings. The minimum absolute atomic E-state index is 0.295. The molecule has 0 aromatic carbocycles. The fourth-order valence-electron chi connectivity index (χ4n) is 1.98. The Morgan fingerprint density at radius 2 is 1.62 bits per heavy atom. The first-order valence-electron chi connectivity index (χ1n) is 5.72. The van der Waals surface area contributed by atoms with Gasteiger partial charge in [0.2, 0.25) is 0 Å². The highest BCUT2D eigenvalue weighted by Crippen LogP contribution is 2.27. The van der Waals surface area contributed by atoms with Crippen LogP contribution in [0, 0.1) is 11.8 Å². The largest absolute Gasteiger partial charge is 0.312 e. The van der Waals surface area contributed by atoms with Gasteiger partial charge in [-0.05, 0) is 52.0 Å². The number of nitrogens with one attached hydrogen (secondary N) is 1. The lowest BCUT2D eigenvalue weighted by Gasteiger charge is -2.29. The summed E-state index contributed by atoms with van der Waals surface area (Å²) in [5.41, 5.74) is 0.295. The summed E-state index contributed by atoms with van der Waals surface area (Å²) in [6.45, 7) is 10.3. The van der Waals surface area contributed by atoms with Crippen LogP contribution < -0.4 is 5.32 Å². The first-order valence-corrected chi connectivity index (χ1v) is 5.72. The van der Waals surface area contributed by atoms with E-state index < -0.39 is 0 Å². The Morgan fingerprint density at radius 3 is 2.08 bits per heavy atom. The van der Waals surface area contributed by atoms with Gasteiger partial charge in [0.25, 0.3) is 0 Å². The number of hydrogen-bond acceptors (Lipinski definition) is 1. The molecular formula is C12H25N. The molecule has 0 unspecified atom stereocenters. The Labute approximate surface area is 83.3 Å². The maximum absolute atomic E-state index is 3.61. The molecule has 78 valence electrons. The average molecular weight is 183 g/mol. The van der Waals surface area contributed by atoms with Gasteiger partial charge in [-0.15, -0.1) is 0 Å². The molecule has 0 aromatic heterocycles. The van der Waals surface area contributed by atoms with Gasteiger partial charge in [-0.3, -0.25) is 0 Å². The van der Waals surface area contributed by atoms with E-state index in [4.69, 9.17) is 0 Å². The molecule has 0 radical (unpaired) electrons. The lowest BCUT2D eigenvalue weighted by atomic mass is 9.83. The van der Waals surface area contributed by atoms with Crippen LogP contribution in [0.15, 0.2) is 0 Å². The third-order valence-electron chi connectivity index (χ3n) is 3.06. The normalized spacial score (nSPS) is 30.5. The van der Waals surface area contributed by atoms with Crippen LogP contribution in [0.1, 0.15) is 53.4 Å². The molecule has 1 aliphatic carbocycles. The summed E-state index contributed by atoms with van der Waals surface area (Å²) >= 11 is 0. The minimum atomic E-state index is 0.295. The topological polar surface area (TPSA) is 12.0 Å². The molecule has 0 saturated heterocycles. The Kier molecular flexibility index (Phi) is 3.78. The second-order valence-corrected chi connectivity index (χ2v) is 5.76. The first-order chi connectivity index (χ1) is 5.97. The summed E-state index contributed by atoms with van der Waals surface area (Å²) < 4.78 is 0. The molecule has 1 N–H and O–H groups in total. The van der Waals surface area contributed by atoms with Crippen LogP contribution in [0.5, 0.6) is 0 Å². The molecule has 0 aromatic rings. The van der Waals surface area contributed by atoms with Crippen LogP contribution in [-0.4, -0.2) is 12.1 Å². The van der Waals surface area contributed by atoms with Gasteiger partial charge in [-0.1, -0.05) is 19.8 Å². The van der Waals surface area contributed by atoms with Crippen molar-refractivity contribution in [2.75, 3.05) is 6.54 Å². The second-order valence-electron chi connectivity index (χ2n) is 5.76. The van der Waals surface area contributed by atoms with Crippen LogP contribution in [0.3, 0.4) is 0 Å². The average Bonchev–Trinajstić information content (AvgIpc) is 2.02. The molecule has 0 spiro atoms. The Balaban J connectivity index is 2.16. The molecular weight excluding hydrogens is 158 g/mol. The van der Waals surface area contributed by atoms with Gasteiger partial charge in [-0.25, -0.2) is 0 Å². The zero-order valence-electron chi connectivity index (χ0n) is 9.69.